The van der Waals surface area contributed by atoms with Gasteiger partial charge in [0.1, 0.15) is 18.1 Å². The van der Waals surface area contributed by atoms with E-state index < -0.39 is 29.2 Å². The zero-order chi connectivity index (χ0) is 28.3. The molecule has 1 aromatic carbocycles. The highest BCUT2D eigenvalue weighted by Crippen LogP contribution is 2.40. The minimum absolute atomic E-state index is 0.0814. The molecule has 2 heterocycles. The molecule has 2 aliphatic heterocycles. The highest BCUT2D eigenvalue weighted by Gasteiger charge is 2.43. The average Bonchev–Trinajstić information content (AvgIpc) is 2.94. The van der Waals surface area contributed by atoms with Crippen molar-refractivity contribution in [3.8, 4) is 0 Å². The van der Waals surface area contributed by atoms with Gasteiger partial charge in [0.05, 0.1) is 18.2 Å². The van der Waals surface area contributed by atoms with E-state index in [9.17, 15) is 27.9 Å². The molecule has 1 saturated carbocycles. The third kappa shape index (κ3) is 6.42. The summed E-state index contributed by atoms with van der Waals surface area (Å²) >= 11 is 0. The summed E-state index contributed by atoms with van der Waals surface area (Å²) in [5.41, 5.74) is -1.15. The Morgan fingerprint density at radius 1 is 1.15 bits per heavy atom. The number of hydrogen-bond acceptors (Lipinski definition) is 6. The largest absolute Gasteiger partial charge is 0.465 e. The number of nitrogens with one attached hydrogen (secondary N) is 2. The number of hydrogen-bond donors (Lipinski definition) is 3. The first-order valence-corrected chi connectivity index (χ1v) is 13.4. The Labute approximate surface area is 230 Å². The fraction of sp³-hybridized carbons (Fsp3) is 0.448. The zero-order valence-electron chi connectivity index (χ0n) is 21.9. The number of amides is 2. The molecule has 2 aliphatic carbocycles. The summed E-state index contributed by atoms with van der Waals surface area (Å²) in [6.07, 6.45) is 8.91. The Kier molecular flexibility index (Phi) is 8.04. The van der Waals surface area contributed by atoms with Crippen LogP contribution in [-0.2, 0) is 20.4 Å². The predicted octanol–water partition coefficient (Wildman–Crippen LogP) is 3.92. The van der Waals surface area contributed by atoms with Crippen molar-refractivity contribution in [1.29, 1.82) is 0 Å². The van der Waals surface area contributed by atoms with Gasteiger partial charge in [-0.3, -0.25) is 14.5 Å². The van der Waals surface area contributed by atoms with Crippen molar-refractivity contribution in [3.63, 3.8) is 0 Å². The quantitative estimate of drug-likeness (QED) is 0.469. The molecule has 1 aromatic rings. The fourth-order valence-electron chi connectivity index (χ4n) is 5.45. The number of rotatable bonds is 7. The van der Waals surface area contributed by atoms with Crippen molar-refractivity contribution < 1.29 is 37.3 Å². The highest BCUT2D eigenvalue weighted by molar-refractivity contribution is 5.96. The third-order valence-electron chi connectivity index (χ3n) is 7.79. The molecule has 0 atom stereocenters. The molecule has 40 heavy (non-hydrogen) atoms. The van der Waals surface area contributed by atoms with E-state index in [1.165, 1.54) is 12.3 Å². The number of likely N-dealkylation sites (tertiary alicyclic amines) is 1. The standard InChI is InChI=1S/C29H32F3N3O5/c30-29(31,32)21-8-4-7-20(13-21)27(37)33-14-26(36)34-22-15-35(16-22)23-9-11-28(38,12-10-23)25-18-39-17-24(40-25)19-5-2-1-3-6-19/h1-2,4-5,7-8,13,17-18,22-23,38H,3,6,9-12,14-16H2,(H,33,37)(H,34,36). The van der Waals surface area contributed by atoms with E-state index in [1.54, 1.807) is 6.26 Å². The fourth-order valence-corrected chi connectivity index (χ4v) is 5.45. The van der Waals surface area contributed by atoms with Gasteiger partial charge in [-0.25, -0.2) is 0 Å². The Bertz CT molecular complexity index is 1260. The van der Waals surface area contributed by atoms with E-state index in [2.05, 4.69) is 21.6 Å². The maximum atomic E-state index is 12.9. The third-order valence-corrected chi connectivity index (χ3v) is 7.79. The van der Waals surface area contributed by atoms with E-state index >= 15 is 0 Å². The van der Waals surface area contributed by atoms with Crippen LogP contribution in [-0.4, -0.2) is 59.1 Å². The molecule has 4 aliphatic rings. The minimum atomic E-state index is -4.55. The molecule has 11 heteroatoms. The van der Waals surface area contributed by atoms with Gasteiger partial charge in [0.25, 0.3) is 5.91 Å². The average molecular weight is 560 g/mol. The van der Waals surface area contributed by atoms with Crippen LogP contribution in [0.25, 0.3) is 0 Å². The summed E-state index contributed by atoms with van der Waals surface area (Å²) in [6, 6.07) is 4.25. The molecule has 2 fully saturated rings. The van der Waals surface area contributed by atoms with Crippen LogP contribution in [0, 0.1) is 0 Å². The predicted molar refractivity (Wildman–Crippen MR) is 139 cm³/mol. The van der Waals surface area contributed by atoms with E-state index in [1.807, 2.05) is 12.2 Å². The highest BCUT2D eigenvalue weighted by atomic mass is 19.4. The molecular formula is C29H32F3N3O5. The second-order valence-electron chi connectivity index (χ2n) is 10.6. The summed E-state index contributed by atoms with van der Waals surface area (Å²) in [5.74, 6) is -0.0927. The monoisotopic (exact) mass is 559 g/mol. The molecule has 0 aromatic heterocycles. The Morgan fingerprint density at radius 2 is 1.93 bits per heavy atom. The van der Waals surface area contributed by atoms with Crippen molar-refractivity contribution in [3.05, 3.63) is 83.2 Å². The lowest BCUT2D eigenvalue weighted by molar-refractivity contribution is -0.137. The van der Waals surface area contributed by atoms with E-state index in [0.29, 0.717) is 37.4 Å². The normalized spacial score (nSPS) is 25.4. The van der Waals surface area contributed by atoms with Crippen LogP contribution >= 0.6 is 0 Å². The number of carbonyl (C=O) groups excluding carboxylic acids is 2. The van der Waals surface area contributed by atoms with Crippen LogP contribution in [0.4, 0.5) is 13.2 Å². The topological polar surface area (TPSA) is 100 Å². The van der Waals surface area contributed by atoms with Gasteiger partial charge in [0.2, 0.25) is 5.91 Å². The van der Waals surface area contributed by atoms with Gasteiger partial charge in [-0.05, 0) is 62.3 Å². The Hall–Kier alpha value is -3.57. The SMILES string of the molecule is O=C(CNC(=O)c1cccc(C(F)(F)F)c1)NC1CN(C2CCC(O)(C3=COC=C(C4=CC=CCC4)O3)CC2)C1. The van der Waals surface area contributed by atoms with Crippen molar-refractivity contribution in [1.82, 2.24) is 15.5 Å². The van der Waals surface area contributed by atoms with E-state index in [4.69, 9.17) is 9.47 Å². The van der Waals surface area contributed by atoms with Crippen molar-refractivity contribution >= 4 is 11.8 Å². The molecular weight excluding hydrogens is 527 g/mol. The van der Waals surface area contributed by atoms with Crippen molar-refractivity contribution in [2.24, 2.45) is 0 Å². The first kappa shape index (κ1) is 28.0. The number of alkyl halides is 3. The van der Waals surface area contributed by atoms with Crippen LogP contribution in [0.15, 0.2) is 72.1 Å². The zero-order valence-corrected chi connectivity index (χ0v) is 21.9. The number of ether oxygens (including phenoxy) is 2. The first-order valence-electron chi connectivity index (χ1n) is 13.4. The smallest absolute Gasteiger partial charge is 0.416 e. The van der Waals surface area contributed by atoms with Gasteiger partial charge >= 0.3 is 6.18 Å². The lowest BCUT2D eigenvalue weighted by atomic mass is 9.79. The molecule has 2 amide bonds. The van der Waals surface area contributed by atoms with Crippen LogP contribution in [0.1, 0.15) is 54.4 Å². The van der Waals surface area contributed by atoms with Gasteiger partial charge < -0.3 is 25.2 Å². The molecule has 1 saturated heterocycles. The van der Waals surface area contributed by atoms with Crippen LogP contribution in [0.2, 0.25) is 0 Å². The number of halogens is 3. The van der Waals surface area contributed by atoms with Gasteiger partial charge in [0, 0.05) is 24.7 Å². The first-order chi connectivity index (χ1) is 19.1. The molecule has 8 nitrogen and oxygen atoms in total. The maximum absolute atomic E-state index is 12.9. The number of allylic oxidation sites excluding steroid dienone is 4. The molecule has 214 valence electrons. The summed E-state index contributed by atoms with van der Waals surface area (Å²) in [4.78, 5) is 26.7. The van der Waals surface area contributed by atoms with Crippen molar-refractivity contribution in [2.75, 3.05) is 19.6 Å². The van der Waals surface area contributed by atoms with Gasteiger partial charge in [-0.2, -0.15) is 13.2 Å². The minimum Gasteiger partial charge on any atom is -0.465 e. The van der Waals surface area contributed by atoms with Gasteiger partial charge in [0.15, 0.2) is 11.5 Å². The second kappa shape index (κ2) is 11.5. The van der Waals surface area contributed by atoms with Gasteiger partial charge in [-0.15, -0.1) is 0 Å². The lowest BCUT2D eigenvalue weighted by Gasteiger charge is -2.48. The molecule has 0 unspecified atom stereocenters. The maximum Gasteiger partial charge on any atom is 0.416 e. The lowest BCUT2D eigenvalue weighted by Crippen LogP contribution is -2.63. The van der Waals surface area contributed by atoms with E-state index in [0.717, 1.165) is 49.5 Å². The Balaban J connectivity index is 1.02. The number of carbonyl (C=O) groups is 2. The van der Waals surface area contributed by atoms with Crippen LogP contribution in [0.3, 0.4) is 0 Å². The molecule has 0 bridgehead atoms. The summed E-state index contributed by atoms with van der Waals surface area (Å²) in [6.45, 7) is 0.962. The van der Waals surface area contributed by atoms with Crippen LogP contribution < -0.4 is 10.6 Å². The summed E-state index contributed by atoms with van der Waals surface area (Å²) in [7, 11) is 0. The molecule has 0 spiro atoms. The number of nitrogens with zero attached hydrogens (tertiary/aromatic N) is 1. The van der Waals surface area contributed by atoms with Crippen molar-refractivity contribution in [2.45, 2.75) is 62.4 Å². The van der Waals surface area contributed by atoms with E-state index in [-0.39, 0.29) is 24.2 Å². The van der Waals surface area contributed by atoms with Crippen LogP contribution in [0.5, 0.6) is 0 Å². The van der Waals surface area contributed by atoms with Gasteiger partial charge in [-0.1, -0.05) is 24.3 Å². The number of aliphatic hydroxyl groups is 1. The molecule has 5 rings (SSSR count). The second-order valence-corrected chi connectivity index (χ2v) is 10.6. The summed E-state index contributed by atoms with van der Waals surface area (Å²) in [5, 5.41) is 16.5. The molecule has 3 N–H and O–H groups in total. The number of benzene rings is 1. The molecule has 0 radical (unpaired) electrons. The summed E-state index contributed by atoms with van der Waals surface area (Å²) < 4.78 is 50.2. The Morgan fingerprint density at radius 3 is 2.62 bits per heavy atom.